The molecule has 0 radical (unpaired) electrons. The van der Waals surface area contributed by atoms with Gasteiger partial charge < -0.3 is 10.8 Å². The lowest BCUT2D eigenvalue weighted by Crippen LogP contribution is -2.42. The van der Waals surface area contributed by atoms with Gasteiger partial charge in [-0.25, -0.2) is 19.9 Å². The van der Waals surface area contributed by atoms with E-state index in [0.29, 0.717) is 24.7 Å². The number of carbonyl (C=O) groups is 1. The van der Waals surface area contributed by atoms with Gasteiger partial charge in [0, 0.05) is 31.3 Å². The minimum absolute atomic E-state index is 0.159. The zero-order valence-electron chi connectivity index (χ0n) is 11.3. The normalized spacial score (nSPS) is 12.3. The molecule has 0 saturated carbocycles. The SMILES string of the molecule is NC(CN(Cc1ncccn1)Cc1ncccn1)C(=O)O. The summed E-state index contributed by atoms with van der Waals surface area (Å²) in [6, 6.07) is 2.45. The van der Waals surface area contributed by atoms with Crippen molar-refractivity contribution in [2.75, 3.05) is 6.54 Å². The number of hydrogen-bond acceptors (Lipinski definition) is 7. The summed E-state index contributed by atoms with van der Waals surface area (Å²) in [5, 5.41) is 8.95. The molecule has 1 atom stereocenters. The quantitative estimate of drug-likeness (QED) is 0.711. The van der Waals surface area contributed by atoms with Crippen LogP contribution in [-0.2, 0) is 17.9 Å². The lowest BCUT2D eigenvalue weighted by Gasteiger charge is -2.22. The number of carboxylic acid groups (broad SMARTS) is 1. The Kier molecular flexibility index (Phi) is 5.24. The van der Waals surface area contributed by atoms with E-state index in [-0.39, 0.29) is 6.54 Å². The van der Waals surface area contributed by atoms with Gasteiger partial charge >= 0.3 is 5.97 Å². The molecule has 2 aromatic rings. The fourth-order valence-electron chi connectivity index (χ4n) is 1.76. The fraction of sp³-hybridized carbons (Fsp3) is 0.308. The van der Waals surface area contributed by atoms with Gasteiger partial charge in [-0.15, -0.1) is 0 Å². The van der Waals surface area contributed by atoms with Gasteiger partial charge in [0.2, 0.25) is 0 Å². The molecule has 0 aliphatic heterocycles. The van der Waals surface area contributed by atoms with Gasteiger partial charge in [0.1, 0.15) is 17.7 Å². The summed E-state index contributed by atoms with van der Waals surface area (Å²) in [4.78, 5) is 29.3. The molecule has 3 N–H and O–H groups in total. The van der Waals surface area contributed by atoms with Crippen molar-refractivity contribution >= 4 is 5.97 Å². The van der Waals surface area contributed by atoms with Gasteiger partial charge in [0.05, 0.1) is 13.1 Å². The van der Waals surface area contributed by atoms with E-state index < -0.39 is 12.0 Å². The largest absolute Gasteiger partial charge is 0.480 e. The van der Waals surface area contributed by atoms with Gasteiger partial charge in [0.15, 0.2) is 0 Å². The van der Waals surface area contributed by atoms with Crippen LogP contribution in [0.5, 0.6) is 0 Å². The molecule has 2 heterocycles. The van der Waals surface area contributed by atoms with Crippen LogP contribution in [0.4, 0.5) is 0 Å². The van der Waals surface area contributed by atoms with E-state index in [1.54, 1.807) is 36.9 Å². The van der Waals surface area contributed by atoms with Crippen molar-refractivity contribution in [3.8, 4) is 0 Å². The van der Waals surface area contributed by atoms with E-state index in [2.05, 4.69) is 19.9 Å². The predicted molar refractivity (Wildman–Crippen MR) is 73.8 cm³/mol. The van der Waals surface area contributed by atoms with E-state index in [1.165, 1.54) is 0 Å². The molecule has 0 spiro atoms. The molecule has 110 valence electrons. The highest BCUT2D eigenvalue weighted by molar-refractivity contribution is 5.73. The molecule has 21 heavy (non-hydrogen) atoms. The van der Waals surface area contributed by atoms with Gasteiger partial charge in [-0.2, -0.15) is 0 Å². The van der Waals surface area contributed by atoms with Crippen molar-refractivity contribution in [1.82, 2.24) is 24.8 Å². The zero-order chi connectivity index (χ0) is 15.1. The van der Waals surface area contributed by atoms with Crippen molar-refractivity contribution in [3.05, 3.63) is 48.6 Å². The molecule has 2 rings (SSSR count). The zero-order valence-corrected chi connectivity index (χ0v) is 11.3. The lowest BCUT2D eigenvalue weighted by atomic mass is 10.2. The Bertz CT molecular complexity index is 524. The Morgan fingerprint density at radius 2 is 1.48 bits per heavy atom. The first kappa shape index (κ1) is 14.9. The summed E-state index contributed by atoms with van der Waals surface area (Å²) in [6.07, 6.45) is 6.54. The Morgan fingerprint density at radius 3 is 1.86 bits per heavy atom. The smallest absolute Gasteiger partial charge is 0.321 e. The van der Waals surface area contributed by atoms with Crippen LogP contribution in [0.15, 0.2) is 36.9 Å². The van der Waals surface area contributed by atoms with E-state index in [9.17, 15) is 4.79 Å². The second-order valence-electron chi connectivity index (χ2n) is 4.44. The number of hydrogen-bond donors (Lipinski definition) is 2. The second-order valence-corrected chi connectivity index (χ2v) is 4.44. The highest BCUT2D eigenvalue weighted by Gasteiger charge is 2.18. The molecule has 1 unspecified atom stereocenters. The summed E-state index contributed by atoms with van der Waals surface area (Å²) < 4.78 is 0. The Morgan fingerprint density at radius 1 is 1.05 bits per heavy atom. The molecule has 0 aliphatic carbocycles. The van der Waals surface area contributed by atoms with Crippen molar-refractivity contribution in [2.24, 2.45) is 5.73 Å². The molecule has 2 aromatic heterocycles. The molecular weight excluding hydrogens is 272 g/mol. The third-order valence-electron chi connectivity index (χ3n) is 2.74. The summed E-state index contributed by atoms with van der Waals surface area (Å²) in [5.41, 5.74) is 5.60. The average molecular weight is 288 g/mol. The molecule has 0 bridgehead atoms. The molecule has 0 saturated heterocycles. The first-order valence-electron chi connectivity index (χ1n) is 6.37. The van der Waals surface area contributed by atoms with Gasteiger partial charge in [-0.3, -0.25) is 9.69 Å². The van der Waals surface area contributed by atoms with Crippen molar-refractivity contribution in [1.29, 1.82) is 0 Å². The second kappa shape index (κ2) is 7.36. The monoisotopic (exact) mass is 288 g/mol. The van der Waals surface area contributed by atoms with Gasteiger partial charge in [-0.1, -0.05) is 0 Å². The number of nitrogens with zero attached hydrogens (tertiary/aromatic N) is 5. The van der Waals surface area contributed by atoms with Crippen LogP contribution in [0.1, 0.15) is 11.6 Å². The van der Waals surface area contributed by atoms with Gasteiger partial charge in [0.25, 0.3) is 0 Å². The number of aromatic nitrogens is 4. The molecule has 0 aromatic carbocycles. The Labute approximate surface area is 121 Å². The third kappa shape index (κ3) is 4.86. The summed E-state index contributed by atoms with van der Waals surface area (Å²) in [5.74, 6) is 0.125. The third-order valence-corrected chi connectivity index (χ3v) is 2.74. The van der Waals surface area contributed by atoms with E-state index in [0.717, 1.165) is 0 Å². The van der Waals surface area contributed by atoms with Crippen LogP contribution in [0.3, 0.4) is 0 Å². The Balaban J connectivity index is 2.08. The first-order chi connectivity index (χ1) is 10.1. The van der Waals surface area contributed by atoms with E-state index >= 15 is 0 Å². The molecule has 8 nitrogen and oxygen atoms in total. The number of carboxylic acids is 1. The minimum Gasteiger partial charge on any atom is -0.480 e. The molecule has 0 amide bonds. The van der Waals surface area contributed by atoms with Crippen molar-refractivity contribution < 1.29 is 9.90 Å². The fourth-order valence-corrected chi connectivity index (χ4v) is 1.76. The topological polar surface area (TPSA) is 118 Å². The van der Waals surface area contributed by atoms with E-state index in [4.69, 9.17) is 10.8 Å². The maximum atomic E-state index is 10.9. The van der Waals surface area contributed by atoms with E-state index in [1.807, 2.05) is 4.90 Å². The van der Waals surface area contributed by atoms with Crippen LogP contribution < -0.4 is 5.73 Å². The van der Waals surface area contributed by atoms with Crippen LogP contribution >= 0.6 is 0 Å². The maximum Gasteiger partial charge on any atom is 0.321 e. The maximum absolute atomic E-state index is 10.9. The lowest BCUT2D eigenvalue weighted by molar-refractivity contribution is -0.139. The summed E-state index contributed by atoms with van der Waals surface area (Å²) >= 11 is 0. The molecular formula is C13H16N6O2. The molecule has 0 fully saturated rings. The standard InChI is InChI=1S/C13H16N6O2/c14-10(13(20)21)7-19(8-11-15-3-1-4-16-11)9-12-17-5-2-6-18-12/h1-6,10H,7-9,14H2,(H,20,21). The highest BCUT2D eigenvalue weighted by Crippen LogP contribution is 2.04. The number of nitrogens with two attached hydrogens (primary N) is 1. The minimum atomic E-state index is -1.05. The summed E-state index contributed by atoms with van der Waals surface area (Å²) in [7, 11) is 0. The molecule has 0 aliphatic rings. The number of aliphatic carboxylic acids is 1. The average Bonchev–Trinajstić information content (AvgIpc) is 2.49. The van der Waals surface area contributed by atoms with Crippen LogP contribution in [0, 0.1) is 0 Å². The van der Waals surface area contributed by atoms with Gasteiger partial charge in [-0.05, 0) is 12.1 Å². The highest BCUT2D eigenvalue weighted by atomic mass is 16.4. The predicted octanol–water partition coefficient (Wildman–Crippen LogP) is -0.319. The summed E-state index contributed by atoms with van der Waals surface area (Å²) in [6.45, 7) is 0.909. The van der Waals surface area contributed by atoms with Crippen LogP contribution in [0.2, 0.25) is 0 Å². The van der Waals surface area contributed by atoms with Crippen molar-refractivity contribution in [3.63, 3.8) is 0 Å². The van der Waals surface area contributed by atoms with Crippen molar-refractivity contribution in [2.45, 2.75) is 19.1 Å². The Hall–Kier alpha value is -2.45. The molecule has 8 heteroatoms. The van der Waals surface area contributed by atoms with Crippen LogP contribution in [0.25, 0.3) is 0 Å². The number of rotatable bonds is 7. The first-order valence-corrected chi connectivity index (χ1v) is 6.37. The van der Waals surface area contributed by atoms with Crippen LogP contribution in [-0.4, -0.2) is 48.5 Å².